The van der Waals surface area contributed by atoms with Crippen LogP contribution in [0, 0.1) is 0 Å². The van der Waals surface area contributed by atoms with Crippen LogP contribution in [0.1, 0.15) is 24.8 Å². The average Bonchev–Trinajstić information content (AvgIpc) is 2.36. The third-order valence-electron chi connectivity index (χ3n) is 2.47. The molecule has 1 amide bonds. The molecule has 0 saturated heterocycles. The maximum Gasteiger partial charge on any atom is 0.238 e. The van der Waals surface area contributed by atoms with Gasteiger partial charge in [-0.25, -0.2) is 0 Å². The second-order valence-electron chi connectivity index (χ2n) is 3.99. The Morgan fingerprint density at radius 1 is 1.11 bits per heavy atom. The maximum absolute atomic E-state index is 11.7. The number of carbonyl (C=O) groups excluding carboxylic acids is 1. The zero-order valence-electron chi connectivity index (χ0n) is 9.91. The van der Waals surface area contributed by atoms with E-state index in [1.54, 1.807) is 0 Å². The van der Waals surface area contributed by atoms with Crippen LogP contribution in [-0.2, 0) is 11.3 Å². The molecule has 0 aliphatic heterocycles. The molecule has 0 radical (unpaired) electrons. The molecule has 18 heavy (non-hydrogen) atoms. The molecule has 0 fully saturated rings. The summed E-state index contributed by atoms with van der Waals surface area (Å²) in [5.74, 6) is -0.152. The fourth-order valence-corrected chi connectivity index (χ4v) is 2.02. The van der Waals surface area contributed by atoms with Crippen molar-refractivity contribution < 1.29 is 4.79 Å². The Kier molecular flexibility index (Phi) is 7.48. The normalized spacial score (nSPS) is 12.4. The maximum atomic E-state index is 11.7. The fraction of sp³-hybridized carbons (Fsp3) is 0.462. The minimum atomic E-state index is -0.527. The first kappa shape index (κ1) is 15.6. The van der Waals surface area contributed by atoms with Gasteiger partial charge in [-0.15, -0.1) is 34.8 Å². The van der Waals surface area contributed by atoms with E-state index in [0.717, 1.165) is 12.0 Å². The summed E-state index contributed by atoms with van der Waals surface area (Å²) in [6.45, 7) is 0.497. The summed E-state index contributed by atoms with van der Waals surface area (Å²) in [7, 11) is 0. The lowest BCUT2D eigenvalue weighted by molar-refractivity contribution is -0.121. The Bertz CT molecular complexity index is 357. The highest BCUT2D eigenvalue weighted by molar-refractivity contribution is 6.44. The Balaban J connectivity index is 2.23. The summed E-state index contributed by atoms with van der Waals surface area (Å²) in [5.41, 5.74) is 1.05. The van der Waals surface area contributed by atoms with Crippen molar-refractivity contribution in [3.8, 4) is 0 Å². The number of halogens is 3. The summed E-state index contributed by atoms with van der Waals surface area (Å²) >= 11 is 17.2. The summed E-state index contributed by atoms with van der Waals surface area (Å²) < 4.78 is 0. The molecule has 5 heteroatoms. The topological polar surface area (TPSA) is 29.1 Å². The molecule has 1 atom stereocenters. The van der Waals surface area contributed by atoms with Gasteiger partial charge in [-0.3, -0.25) is 4.79 Å². The predicted octanol–water partition coefficient (Wildman–Crippen LogP) is 3.88. The Morgan fingerprint density at radius 2 is 1.78 bits per heavy atom. The van der Waals surface area contributed by atoms with Gasteiger partial charge in [0.25, 0.3) is 0 Å². The Labute approximate surface area is 123 Å². The first-order chi connectivity index (χ1) is 8.59. The third kappa shape index (κ3) is 6.48. The lowest BCUT2D eigenvalue weighted by atomic mass is 10.2. The molecule has 1 aromatic carbocycles. The number of carbonyl (C=O) groups is 1. The number of amides is 1. The van der Waals surface area contributed by atoms with Gasteiger partial charge >= 0.3 is 0 Å². The van der Waals surface area contributed by atoms with E-state index >= 15 is 0 Å². The molecule has 1 N–H and O–H groups in total. The van der Waals surface area contributed by atoms with Gasteiger partial charge in [0.2, 0.25) is 5.91 Å². The van der Waals surface area contributed by atoms with Gasteiger partial charge in [0.05, 0.1) is 0 Å². The summed E-state index contributed by atoms with van der Waals surface area (Å²) in [4.78, 5) is 11.3. The van der Waals surface area contributed by atoms with Gasteiger partial charge in [0.15, 0.2) is 0 Å². The SMILES string of the molecule is O=C(NCc1ccccc1)C(Cl)CCCC(Cl)Cl. The van der Waals surface area contributed by atoms with Crippen LogP contribution in [0.5, 0.6) is 0 Å². The van der Waals surface area contributed by atoms with Crippen molar-refractivity contribution in [2.75, 3.05) is 0 Å². The van der Waals surface area contributed by atoms with Crippen molar-refractivity contribution in [3.05, 3.63) is 35.9 Å². The summed E-state index contributed by atoms with van der Waals surface area (Å²) in [6, 6.07) is 9.70. The van der Waals surface area contributed by atoms with E-state index in [-0.39, 0.29) is 10.7 Å². The zero-order valence-corrected chi connectivity index (χ0v) is 12.2. The van der Waals surface area contributed by atoms with E-state index in [4.69, 9.17) is 34.8 Å². The second kappa shape index (κ2) is 8.63. The van der Waals surface area contributed by atoms with Crippen LogP contribution in [0.2, 0.25) is 0 Å². The van der Waals surface area contributed by atoms with E-state index in [1.807, 2.05) is 30.3 Å². The quantitative estimate of drug-likeness (QED) is 0.761. The van der Waals surface area contributed by atoms with Crippen LogP contribution in [0.25, 0.3) is 0 Å². The molecule has 0 spiro atoms. The van der Waals surface area contributed by atoms with Crippen molar-refractivity contribution in [2.24, 2.45) is 0 Å². The van der Waals surface area contributed by atoms with Crippen LogP contribution in [0.4, 0.5) is 0 Å². The molecular weight excluding hydrogens is 293 g/mol. The molecule has 100 valence electrons. The summed E-state index contributed by atoms with van der Waals surface area (Å²) in [5, 5.41) is 2.27. The number of hydrogen-bond acceptors (Lipinski definition) is 1. The monoisotopic (exact) mass is 307 g/mol. The van der Waals surface area contributed by atoms with Crippen molar-refractivity contribution in [2.45, 2.75) is 36.0 Å². The molecule has 0 heterocycles. The molecule has 0 aliphatic rings. The van der Waals surface area contributed by atoms with Crippen LogP contribution < -0.4 is 5.32 Å². The largest absolute Gasteiger partial charge is 0.351 e. The zero-order chi connectivity index (χ0) is 13.4. The van der Waals surface area contributed by atoms with E-state index in [0.29, 0.717) is 19.4 Å². The smallest absolute Gasteiger partial charge is 0.238 e. The van der Waals surface area contributed by atoms with Gasteiger partial charge in [-0.2, -0.15) is 0 Å². The minimum absolute atomic E-state index is 0.152. The number of alkyl halides is 3. The lowest BCUT2D eigenvalue weighted by Gasteiger charge is -2.10. The van der Waals surface area contributed by atoms with Crippen LogP contribution in [-0.4, -0.2) is 16.1 Å². The molecule has 0 aliphatic carbocycles. The number of hydrogen-bond donors (Lipinski definition) is 1. The van der Waals surface area contributed by atoms with Gasteiger partial charge in [0.1, 0.15) is 10.2 Å². The van der Waals surface area contributed by atoms with E-state index in [2.05, 4.69) is 5.32 Å². The highest BCUT2D eigenvalue weighted by Crippen LogP contribution is 2.15. The molecule has 1 rings (SSSR count). The van der Waals surface area contributed by atoms with Crippen molar-refractivity contribution in [1.29, 1.82) is 0 Å². The van der Waals surface area contributed by atoms with E-state index < -0.39 is 5.38 Å². The molecule has 0 saturated carbocycles. The molecule has 0 aromatic heterocycles. The molecule has 2 nitrogen and oxygen atoms in total. The van der Waals surface area contributed by atoms with Crippen LogP contribution in [0.15, 0.2) is 30.3 Å². The fourth-order valence-electron chi connectivity index (χ4n) is 1.48. The average molecular weight is 309 g/mol. The standard InChI is InChI=1S/C13H16Cl3NO/c14-11(7-4-8-12(15)16)13(18)17-9-10-5-2-1-3-6-10/h1-3,5-6,11-12H,4,7-9H2,(H,17,18). The van der Waals surface area contributed by atoms with E-state index in [9.17, 15) is 4.79 Å². The molecule has 1 unspecified atom stereocenters. The van der Waals surface area contributed by atoms with Crippen molar-refractivity contribution >= 4 is 40.7 Å². The molecular formula is C13H16Cl3NO. The number of benzene rings is 1. The van der Waals surface area contributed by atoms with Crippen LogP contribution in [0.3, 0.4) is 0 Å². The van der Waals surface area contributed by atoms with Gasteiger partial charge in [-0.1, -0.05) is 30.3 Å². The first-order valence-electron chi connectivity index (χ1n) is 5.83. The Hall–Kier alpha value is -0.440. The van der Waals surface area contributed by atoms with Crippen molar-refractivity contribution in [3.63, 3.8) is 0 Å². The van der Waals surface area contributed by atoms with Crippen molar-refractivity contribution in [1.82, 2.24) is 5.32 Å². The molecule has 0 bridgehead atoms. The lowest BCUT2D eigenvalue weighted by Crippen LogP contribution is -2.30. The molecule has 1 aromatic rings. The van der Waals surface area contributed by atoms with E-state index in [1.165, 1.54) is 0 Å². The number of nitrogens with one attached hydrogen (secondary N) is 1. The summed E-state index contributed by atoms with van der Waals surface area (Å²) in [6.07, 6.45) is 1.97. The van der Waals surface area contributed by atoms with Gasteiger partial charge in [-0.05, 0) is 24.8 Å². The minimum Gasteiger partial charge on any atom is -0.351 e. The third-order valence-corrected chi connectivity index (χ3v) is 3.33. The van der Waals surface area contributed by atoms with Crippen LogP contribution >= 0.6 is 34.8 Å². The first-order valence-corrected chi connectivity index (χ1v) is 7.14. The number of rotatable bonds is 7. The predicted molar refractivity (Wildman–Crippen MR) is 77.3 cm³/mol. The second-order valence-corrected chi connectivity index (χ2v) is 5.80. The van der Waals surface area contributed by atoms with Gasteiger partial charge in [0, 0.05) is 6.54 Å². The highest BCUT2D eigenvalue weighted by atomic mass is 35.5. The Morgan fingerprint density at radius 3 is 2.39 bits per heavy atom. The highest BCUT2D eigenvalue weighted by Gasteiger charge is 2.14. The van der Waals surface area contributed by atoms with Gasteiger partial charge < -0.3 is 5.32 Å².